The fourth-order valence-corrected chi connectivity index (χ4v) is 0.665. The Morgan fingerprint density at radius 2 is 1.69 bits per heavy atom. The van der Waals surface area contributed by atoms with Crippen LogP contribution in [0.15, 0.2) is 12.0 Å². The molecule has 8 heteroatoms. The van der Waals surface area contributed by atoms with Crippen LogP contribution in [0.4, 0.5) is 0 Å². The van der Waals surface area contributed by atoms with Crippen LogP contribution in [0, 0.1) is 0 Å². The Morgan fingerprint density at radius 1 is 1.12 bits per heavy atom. The Balaban J connectivity index is 4.59. The van der Waals surface area contributed by atoms with Gasteiger partial charge in [-0.2, -0.15) is 25.3 Å². The summed E-state index contributed by atoms with van der Waals surface area (Å²) in [4.78, 5) is 32.6. The van der Waals surface area contributed by atoms with Crippen molar-refractivity contribution >= 4 is 43.2 Å². The van der Waals surface area contributed by atoms with E-state index in [1.807, 2.05) is 0 Å². The summed E-state index contributed by atoms with van der Waals surface area (Å²) < 4.78 is 13.3. The van der Waals surface area contributed by atoms with Gasteiger partial charge in [0.05, 0.1) is 18.6 Å². The van der Waals surface area contributed by atoms with Crippen LogP contribution in [0.5, 0.6) is 0 Å². The normalized spacial score (nSPS) is 10.6. The second kappa shape index (κ2) is 8.05. The summed E-state index contributed by atoms with van der Waals surface area (Å²) in [6.45, 7) is 0. The summed E-state index contributed by atoms with van der Waals surface area (Å²) in [5.41, 5.74) is 0. The molecule has 0 spiro atoms. The predicted octanol–water partition coefficient (Wildman–Crippen LogP) is -0.0532. The third kappa shape index (κ3) is 5.66. The molecule has 16 heavy (non-hydrogen) atoms. The highest BCUT2D eigenvalue weighted by Crippen LogP contribution is 2.03. The van der Waals surface area contributed by atoms with Gasteiger partial charge in [-0.3, -0.25) is 9.59 Å². The predicted molar refractivity (Wildman–Crippen MR) is 60.0 cm³/mol. The third-order valence-corrected chi connectivity index (χ3v) is 1.68. The maximum absolute atomic E-state index is 11.1. The van der Waals surface area contributed by atoms with E-state index in [4.69, 9.17) is 0 Å². The molecule has 0 saturated heterocycles. The molecule has 0 atom stereocenters. The molecule has 0 fully saturated rings. The number of carbonyl (C=O) groups excluding carboxylic acids is 3. The topological polar surface area (TPSA) is 78.9 Å². The second-order valence-corrected chi connectivity index (χ2v) is 2.89. The number of hydrogen-bond acceptors (Lipinski definition) is 8. The molecule has 0 aromatic rings. The Bertz CT molecular complexity index is 312. The second-order valence-electron chi connectivity index (χ2n) is 2.25. The molecule has 6 nitrogen and oxygen atoms in total. The zero-order valence-electron chi connectivity index (χ0n) is 8.34. The fourth-order valence-electron chi connectivity index (χ4n) is 0.526. The molecule has 0 radical (unpaired) electrons. The molecule has 0 N–H and O–H groups in total. The lowest BCUT2D eigenvalue weighted by Gasteiger charge is -2.05. The van der Waals surface area contributed by atoms with Crippen LogP contribution in [-0.2, 0) is 28.6 Å². The van der Waals surface area contributed by atoms with Crippen molar-refractivity contribution in [3.05, 3.63) is 12.0 Å². The fraction of sp³-hybridized carbons (Fsp3) is 0.375. The first-order valence-electron chi connectivity index (χ1n) is 3.95. The Hall–Kier alpha value is -1.15. The Morgan fingerprint density at radius 3 is 2.12 bits per heavy atom. The van der Waals surface area contributed by atoms with E-state index in [9.17, 15) is 14.4 Å². The minimum atomic E-state index is -0.943. The van der Waals surface area contributed by atoms with Gasteiger partial charge in [-0.05, 0) is 0 Å². The lowest BCUT2D eigenvalue weighted by Crippen LogP contribution is -2.15. The van der Waals surface area contributed by atoms with Crippen LogP contribution < -0.4 is 0 Å². The summed E-state index contributed by atoms with van der Waals surface area (Å²) in [5.74, 6) is -3.35. The van der Waals surface area contributed by atoms with Crippen molar-refractivity contribution in [1.29, 1.82) is 0 Å². The first kappa shape index (κ1) is 14.8. The van der Waals surface area contributed by atoms with Crippen LogP contribution in [0.25, 0.3) is 0 Å². The zero-order valence-corrected chi connectivity index (χ0v) is 10.1. The van der Waals surface area contributed by atoms with E-state index in [1.165, 1.54) is 0 Å². The van der Waals surface area contributed by atoms with Crippen molar-refractivity contribution < 1.29 is 28.6 Å². The first-order chi connectivity index (χ1) is 7.54. The van der Waals surface area contributed by atoms with E-state index in [0.717, 1.165) is 7.11 Å². The number of thiol groups is 2. The molecule has 0 bridgehead atoms. The molecule has 0 aromatic heterocycles. The molecule has 0 amide bonds. The maximum Gasteiger partial charge on any atom is 0.377 e. The maximum atomic E-state index is 11.1. The highest BCUT2D eigenvalue weighted by atomic mass is 32.1. The van der Waals surface area contributed by atoms with Crippen molar-refractivity contribution in [1.82, 2.24) is 0 Å². The summed E-state index contributed by atoms with van der Waals surface area (Å²) in [7, 11) is 1.09. The zero-order chi connectivity index (χ0) is 12.6. The van der Waals surface area contributed by atoms with Gasteiger partial charge in [0, 0.05) is 0 Å². The van der Waals surface area contributed by atoms with Gasteiger partial charge in [0.1, 0.15) is 6.26 Å². The van der Waals surface area contributed by atoms with E-state index in [1.54, 1.807) is 0 Å². The summed E-state index contributed by atoms with van der Waals surface area (Å²) in [6.07, 6.45) is 0.686. The van der Waals surface area contributed by atoms with E-state index in [0.29, 0.717) is 6.26 Å². The quantitative estimate of drug-likeness (QED) is 0.239. The molecule has 0 unspecified atom stereocenters. The summed E-state index contributed by atoms with van der Waals surface area (Å²) in [5, 5.41) is 0. The third-order valence-electron chi connectivity index (χ3n) is 1.17. The van der Waals surface area contributed by atoms with Crippen LogP contribution in [0.3, 0.4) is 0 Å². The van der Waals surface area contributed by atoms with Gasteiger partial charge in [0.15, 0.2) is 0 Å². The van der Waals surface area contributed by atoms with E-state index in [2.05, 4.69) is 39.5 Å². The number of hydrogen-bond donors (Lipinski definition) is 2. The van der Waals surface area contributed by atoms with Gasteiger partial charge in [-0.1, -0.05) is 0 Å². The number of carbonyl (C=O) groups is 3. The molecule has 0 rings (SSSR count). The van der Waals surface area contributed by atoms with Crippen molar-refractivity contribution in [3.8, 4) is 0 Å². The molecule has 0 aromatic carbocycles. The minimum Gasteiger partial charge on any atom is -0.463 e. The molecule has 0 aliphatic heterocycles. The first-order valence-corrected chi connectivity index (χ1v) is 5.22. The Labute approximate surface area is 103 Å². The van der Waals surface area contributed by atoms with E-state index < -0.39 is 23.7 Å². The lowest BCUT2D eigenvalue weighted by molar-refractivity contribution is -0.149. The van der Waals surface area contributed by atoms with Crippen LogP contribution in [0.1, 0.15) is 0 Å². The van der Waals surface area contributed by atoms with Crippen molar-refractivity contribution in [2.45, 2.75) is 0 Å². The molecule has 0 aliphatic rings. The van der Waals surface area contributed by atoms with Gasteiger partial charge in [-0.15, -0.1) is 0 Å². The van der Waals surface area contributed by atoms with Gasteiger partial charge in [-0.25, -0.2) is 4.79 Å². The number of methoxy groups -OCH3 is 1. The van der Waals surface area contributed by atoms with Crippen molar-refractivity contribution in [2.75, 3.05) is 18.6 Å². The van der Waals surface area contributed by atoms with E-state index >= 15 is 0 Å². The molecular weight excluding hydrogens is 256 g/mol. The van der Waals surface area contributed by atoms with Crippen molar-refractivity contribution in [2.24, 2.45) is 0 Å². The highest BCUT2D eigenvalue weighted by molar-refractivity contribution is 7.81. The SMILES string of the molecule is COC(=O)C(=COC(=O)CS)OC(=O)CS. The average molecular weight is 266 g/mol. The van der Waals surface area contributed by atoms with Crippen LogP contribution >= 0.6 is 25.3 Å². The smallest absolute Gasteiger partial charge is 0.377 e. The monoisotopic (exact) mass is 266 g/mol. The van der Waals surface area contributed by atoms with Gasteiger partial charge < -0.3 is 14.2 Å². The highest BCUT2D eigenvalue weighted by Gasteiger charge is 2.16. The molecular formula is C8H10O6S2. The molecule has 90 valence electrons. The largest absolute Gasteiger partial charge is 0.463 e. The minimum absolute atomic E-state index is 0.175. The van der Waals surface area contributed by atoms with Gasteiger partial charge in [0.25, 0.3) is 5.76 Å². The number of ether oxygens (including phenoxy) is 3. The van der Waals surface area contributed by atoms with Gasteiger partial charge in [0.2, 0.25) is 0 Å². The average Bonchev–Trinajstić information content (AvgIpc) is 2.32. The van der Waals surface area contributed by atoms with Crippen LogP contribution in [-0.4, -0.2) is 36.5 Å². The Kier molecular flexibility index (Phi) is 7.48. The standard InChI is InChI=1S/C8H10O6S2/c1-12-8(11)5(14-7(10)4-16)2-13-6(9)3-15/h2,15-16H,3-4H2,1H3. The van der Waals surface area contributed by atoms with Gasteiger partial charge >= 0.3 is 17.9 Å². The summed E-state index contributed by atoms with van der Waals surface area (Å²) >= 11 is 7.28. The van der Waals surface area contributed by atoms with Crippen LogP contribution in [0.2, 0.25) is 0 Å². The number of esters is 3. The molecule has 0 saturated carbocycles. The molecule has 0 heterocycles. The number of rotatable bonds is 5. The van der Waals surface area contributed by atoms with E-state index in [-0.39, 0.29) is 11.5 Å². The lowest BCUT2D eigenvalue weighted by atomic mass is 10.5. The van der Waals surface area contributed by atoms with Crippen molar-refractivity contribution in [3.63, 3.8) is 0 Å². The summed E-state index contributed by atoms with van der Waals surface area (Å²) in [6, 6.07) is 0. The molecule has 0 aliphatic carbocycles.